The van der Waals surface area contributed by atoms with Gasteiger partial charge in [-0.2, -0.15) is 0 Å². The van der Waals surface area contributed by atoms with Crippen molar-refractivity contribution in [3.63, 3.8) is 0 Å². The molecule has 3 rings (SSSR count). The predicted molar refractivity (Wildman–Crippen MR) is 111 cm³/mol. The molecule has 0 bridgehead atoms. The number of unbranched alkanes of at least 4 members (excludes halogenated alkanes) is 1. The molecule has 28 heavy (non-hydrogen) atoms. The van der Waals surface area contributed by atoms with Crippen LogP contribution in [0.1, 0.15) is 67.7 Å². The summed E-state index contributed by atoms with van der Waals surface area (Å²) < 4.78 is 35.2. The average Bonchev–Trinajstić information content (AvgIpc) is 2.69. The third kappa shape index (κ3) is 5.01. The van der Waals surface area contributed by atoms with E-state index in [1.54, 1.807) is 0 Å². The van der Waals surface area contributed by atoms with Gasteiger partial charge in [0.25, 0.3) is 0 Å². The van der Waals surface area contributed by atoms with Gasteiger partial charge >= 0.3 is 0 Å². The lowest BCUT2D eigenvalue weighted by Crippen LogP contribution is -2.16. The third-order valence-electron chi connectivity index (χ3n) is 5.56. The van der Waals surface area contributed by atoms with Crippen molar-refractivity contribution in [2.24, 2.45) is 0 Å². The Labute approximate surface area is 167 Å². The van der Waals surface area contributed by atoms with Crippen molar-refractivity contribution in [1.82, 2.24) is 0 Å². The highest BCUT2D eigenvalue weighted by Crippen LogP contribution is 2.37. The highest BCUT2D eigenvalue weighted by Gasteiger charge is 2.26. The number of hydrogen-bond donors (Lipinski definition) is 0. The number of benzene rings is 2. The molecule has 150 valence electrons. The van der Waals surface area contributed by atoms with E-state index in [1.165, 1.54) is 23.3 Å². The summed E-state index contributed by atoms with van der Waals surface area (Å²) in [5, 5.41) is 0. The molecule has 1 nitrogen and oxygen atoms in total. The van der Waals surface area contributed by atoms with Gasteiger partial charge in [-0.15, -0.1) is 0 Å². The second-order valence-electron chi connectivity index (χ2n) is 7.65. The van der Waals surface area contributed by atoms with Crippen molar-refractivity contribution in [2.45, 2.75) is 64.7 Å². The van der Waals surface area contributed by atoms with E-state index < -0.39 is 0 Å². The predicted octanol–water partition coefficient (Wildman–Crippen LogP) is 6.92. The quantitative estimate of drug-likeness (QED) is 0.354. The number of hydrogen-bond acceptors (Lipinski definition) is 1. The number of ether oxygens (including phenoxy) is 1. The largest absolute Gasteiger partial charge is 0.493 e. The molecule has 1 aliphatic carbocycles. The molecule has 0 spiro atoms. The van der Waals surface area contributed by atoms with Crippen LogP contribution in [0.3, 0.4) is 0 Å². The molecule has 0 fully saturated rings. The van der Waals surface area contributed by atoms with Gasteiger partial charge in [0.05, 0.1) is 6.61 Å². The van der Waals surface area contributed by atoms with Gasteiger partial charge in [0.1, 0.15) is 17.4 Å². The standard InChI is InChI=1S/C25H30F2O/c1-3-5-7-13-28-22-12-11-19-16-21(10-9-20(19)17-22)25-23(26)14-18(8-6-4-2)15-24(25)27/h3,5,11-12,14-15,17,21H,4,6-10,13,16H2,1-2H3. The van der Waals surface area contributed by atoms with Crippen molar-refractivity contribution in [2.75, 3.05) is 6.61 Å². The van der Waals surface area contributed by atoms with Crippen LogP contribution in [0.25, 0.3) is 0 Å². The summed E-state index contributed by atoms with van der Waals surface area (Å²) in [6, 6.07) is 9.17. The fourth-order valence-corrected chi connectivity index (χ4v) is 4.03. The van der Waals surface area contributed by atoms with Gasteiger partial charge in [-0.05, 0) is 92.3 Å². The van der Waals surface area contributed by atoms with Gasteiger partial charge in [-0.3, -0.25) is 0 Å². The molecular weight excluding hydrogens is 354 g/mol. The van der Waals surface area contributed by atoms with E-state index in [1.807, 2.05) is 19.1 Å². The smallest absolute Gasteiger partial charge is 0.129 e. The first kappa shape index (κ1) is 20.6. The highest BCUT2D eigenvalue weighted by molar-refractivity contribution is 5.40. The molecule has 2 aromatic carbocycles. The van der Waals surface area contributed by atoms with E-state index in [0.717, 1.165) is 49.8 Å². The zero-order valence-electron chi connectivity index (χ0n) is 16.9. The van der Waals surface area contributed by atoms with Crippen molar-refractivity contribution >= 4 is 0 Å². The number of allylic oxidation sites excluding steroid dienone is 1. The molecule has 0 aliphatic heterocycles. The molecule has 3 heteroatoms. The Kier molecular flexibility index (Phi) is 7.24. The number of rotatable bonds is 8. The van der Waals surface area contributed by atoms with Crippen LogP contribution in [0.5, 0.6) is 5.75 Å². The van der Waals surface area contributed by atoms with Gasteiger partial charge in [0.2, 0.25) is 0 Å². The summed E-state index contributed by atoms with van der Waals surface area (Å²) in [6.45, 7) is 4.74. The van der Waals surface area contributed by atoms with Crippen LogP contribution in [0.4, 0.5) is 8.78 Å². The lowest BCUT2D eigenvalue weighted by atomic mass is 9.79. The van der Waals surface area contributed by atoms with E-state index in [2.05, 4.69) is 25.1 Å². The minimum absolute atomic E-state index is 0.103. The Morgan fingerprint density at radius 3 is 2.61 bits per heavy atom. The fourth-order valence-electron chi connectivity index (χ4n) is 4.03. The van der Waals surface area contributed by atoms with Gasteiger partial charge in [0, 0.05) is 5.56 Å². The lowest BCUT2D eigenvalue weighted by molar-refractivity contribution is 0.324. The van der Waals surface area contributed by atoms with Gasteiger partial charge in [-0.25, -0.2) is 8.78 Å². The van der Waals surface area contributed by atoms with E-state index in [-0.39, 0.29) is 23.1 Å². The topological polar surface area (TPSA) is 9.23 Å². The van der Waals surface area contributed by atoms with E-state index in [4.69, 9.17) is 4.74 Å². The second kappa shape index (κ2) is 9.86. The lowest BCUT2D eigenvalue weighted by Gasteiger charge is -2.26. The Hall–Kier alpha value is -2.16. The summed E-state index contributed by atoms with van der Waals surface area (Å²) in [4.78, 5) is 0. The van der Waals surface area contributed by atoms with Crippen molar-refractivity contribution in [3.8, 4) is 5.75 Å². The molecule has 1 atom stereocenters. The summed E-state index contributed by atoms with van der Waals surface area (Å²) >= 11 is 0. The maximum Gasteiger partial charge on any atom is 0.129 e. The molecule has 0 saturated carbocycles. The molecule has 0 N–H and O–H groups in total. The molecule has 1 aliphatic rings. The van der Waals surface area contributed by atoms with E-state index in [9.17, 15) is 8.78 Å². The first-order chi connectivity index (χ1) is 13.6. The maximum absolute atomic E-state index is 14.7. The molecular formula is C25H30F2O. The summed E-state index contributed by atoms with van der Waals surface area (Å²) in [7, 11) is 0. The van der Waals surface area contributed by atoms with Crippen LogP contribution in [-0.2, 0) is 19.3 Å². The fraction of sp³-hybridized carbons (Fsp3) is 0.440. The zero-order chi connectivity index (χ0) is 19.9. The minimum atomic E-state index is -0.386. The maximum atomic E-state index is 14.7. The number of fused-ring (bicyclic) bond motifs is 1. The van der Waals surface area contributed by atoms with Crippen LogP contribution < -0.4 is 4.74 Å². The van der Waals surface area contributed by atoms with Gasteiger partial charge in [-0.1, -0.05) is 31.6 Å². The molecule has 0 saturated heterocycles. The minimum Gasteiger partial charge on any atom is -0.493 e. The van der Waals surface area contributed by atoms with Crippen LogP contribution in [0, 0.1) is 11.6 Å². The van der Waals surface area contributed by atoms with Crippen molar-refractivity contribution in [1.29, 1.82) is 0 Å². The Bertz CT molecular complexity index is 802. The van der Waals surface area contributed by atoms with E-state index in [0.29, 0.717) is 13.0 Å². The molecule has 0 aromatic heterocycles. The van der Waals surface area contributed by atoms with Gasteiger partial charge in [0.15, 0.2) is 0 Å². The van der Waals surface area contributed by atoms with E-state index >= 15 is 0 Å². The molecule has 0 amide bonds. The monoisotopic (exact) mass is 384 g/mol. The third-order valence-corrected chi connectivity index (χ3v) is 5.56. The first-order valence-electron chi connectivity index (χ1n) is 10.5. The van der Waals surface area contributed by atoms with Crippen molar-refractivity contribution < 1.29 is 13.5 Å². The zero-order valence-corrected chi connectivity index (χ0v) is 16.9. The van der Waals surface area contributed by atoms with Crippen LogP contribution in [-0.4, -0.2) is 6.61 Å². The molecule has 2 aromatic rings. The SMILES string of the molecule is CC=CCCOc1ccc2c(c1)CCC(c1c(F)cc(CCCC)cc1F)C2. The van der Waals surface area contributed by atoms with Crippen LogP contribution >= 0.6 is 0 Å². The van der Waals surface area contributed by atoms with Crippen LogP contribution in [0.2, 0.25) is 0 Å². The van der Waals surface area contributed by atoms with Crippen LogP contribution in [0.15, 0.2) is 42.5 Å². The Balaban J connectivity index is 1.71. The molecule has 0 heterocycles. The Morgan fingerprint density at radius 1 is 1.11 bits per heavy atom. The first-order valence-corrected chi connectivity index (χ1v) is 10.5. The second-order valence-corrected chi connectivity index (χ2v) is 7.65. The number of halogens is 2. The van der Waals surface area contributed by atoms with Gasteiger partial charge < -0.3 is 4.74 Å². The average molecular weight is 385 g/mol. The molecule has 1 unspecified atom stereocenters. The highest BCUT2D eigenvalue weighted by atomic mass is 19.1. The number of aryl methyl sites for hydroxylation is 2. The molecule has 0 radical (unpaired) electrons. The summed E-state index contributed by atoms with van der Waals surface area (Å²) in [6.07, 6.45) is 9.96. The summed E-state index contributed by atoms with van der Waals surface area (Å²) in [5.41, 5.74) is 3.43. The van der Waals surface area contributed by atoms with Crippen molar-refractivity contribution in [3.05, 3.63) is 76.4 Å². The normalized spacial score (nSPS) is 16.4. The summed E-state index contributed by atoms with van der Waals surface area (Å²) in [5.74, 6) is 0.000460. The Morgan fingerprint density at radius 2 is 1.89 bits per heavy atom.